The molecule has 7 heteroatoms. The van der Waals surface area contributed by atoms with E-state index < -0.39 is 0 Å². The molecule has 1 N–H and O–H groups in total. The third-order valence-electron chi connectivity index (χ3n) is 4.68. The number of amides is 1. The summed E-state index contributed by atoms with van der Waals surface area (Å²) in [4.78, 5) is 18.3. The summed E-state index contributed by atoms with van der Waals surface area (Å²) in [5.74, 6) is 0.736. The average molecular weight is 347 g/mol. The summed E-state index contributed by atoms with van der Waals surface area (Å²) in [6, 6.07) is 4.78. The summed E-state index contributed by atoms with van der Waals surface area (Å²) in [6.45, 7) is 3.24. The van der Waals surface area contributed by atoms with E-state index in [-0.39, 0.29) is 18.3 Å². The van der Waals surface area contributed by atoms with Crippen LogP contribution < -0.4 is 0 Å². The molecule has 134 valence electrons. The molecular weight excluding hydrogens is 325 g/mol. The number of aryl methyl sites for hydroxylation is 2. The second-order valence-electron chi connectivity index (χ2n) is 6.48. The van der Waals surface area contributed by atoms with Gasteiger partial charge in [0.15, 0.2) is 0 Å². The summed E-state index contributed by atoms with van der Waals surface area (Å²) in [6.07, 6.45) is 2.34. The van der Waals surface area contributed by atoms with Crippen LogP contribution in [-0.2, 0) is 11.2 Å². The van der Waals surface area contributed by atoms with E-state index in [1.165, 1.54) is 6.07 Å². The standard InChI is InChI=1S/C18H22FN3O3/c1-12-2-3-14(10-15(12)19)18-20-16(25-21-18)4-5-17(24)22-8-6-13(11-23)7-9-22/h2-3,10,13,23H,4-9,11H2,1H3. The number of hydrogen-bond acceptors (Lipinski definition) is 5. The van der Waals surface area contributed by atoms with Gasteiger partial charge in [-0.3, -0.25) is 4.79 Å². The largest absolute Gasteiger partial charge is 0.396 e. The van der Waals surface area contributed by atoms with Crippen molar-refractivity contribution in [3.05, 3.63) is 35.5 Å². The van der Waals surface area contributed by atoms with Gasteiger partial charge in [0.05, 0.1) is 0 Å². The lowest BCUT2D eigenvalue weighted by Crippen LogP contribution is -2.39. The maximum absolute atomic E-state index is 13.6. The molecule has 6 nitrogen and oxygen atoms in total. The highest BCUT2D eigenvalue weighted by Crippen LogP contribution is 2.20. The van der Waals surface area contributed by atoms with E-state index in [2.05, 4.69) is 10.1 Å². The number of piperidine rings is 1. The molecular formula is C18H22FN3O3. The number of likely N-dealkylation sites (tertiary alicyclic amines) is 1. The van der Waals surface area contributed by atoms with E-state index in [9.17, 15) is 9.18 Å². The van der Waals surface area contributed by atoms with Crippen molar-refractivity contribution in [3.8, 4) is 11.4 Å². The van der Waals surface area contributed by atoms with E-state index in [4.69, 9.17) is 9.63 Å². The smallest absolute Gasteiger partial charge is 0.227 e. The number of halogens is 1. The lowest BCUT2D eigenvalue weighted by Gasteiger charge is -2.31. The van der Waals surface area contributed by atoms with Gasteiger partial charge in [0.2, 0.25) is 17.6 Å². The number of carbonyl (C=O) groups is 1. The molecule has 3 rings (SSSR count). The first-order valence-corrected chi connectivity index (χ1v) is 8.54. The minimum absolute atomic E-state index is 0.0533. The number of aliphatic hydroxyl groups excluding tert-OH is 1. The van der Waals surface area contributed by atoms with Crippen molar-refractivity contribution < 1.29 is 18.8 Å². The van der Waals surface area contributed by atoms with Crippen molar-refractivity contribution in [1.82, 2.24) is 15.0 Å². The van der Waals surface area contributed by atoms with Gasteiger partial charge in [-0.25, -0.2) is 4.39 Å². The van der Waals surface area contributed by atoms with Crippen LogP contribution in [0.3, 0.4) is 0 Å². The van der Waals surface area contributed by atoms with Crippen molar-refractivity contribution in [1.29, 1.82) is 0 Å². The van der Waals surface area contributed by atoms with Gasteiger partial charge in [0, 0.05) is 38.1 Å². The maximum atomic E-state index is 13.6. The molecule has 2 aromatic rings. The maximum Gasteiger partial charge on any atom is 0.227 e. The van der Waals surface area contributed by atoms with E-state index in [0.717, 1.165) is 12.8 Å². The Hall–Kier alpha value is -2.28. The molecule has 1 aromatic carbocycles. The van der Waals surface area contributed by atoms with Gasteiger partial charge in [-0.05, 0) is 37.3 Å². The third kappa shape index (κ3) is 4.22. The topological polar surface area (TPSA) is 79.5 Å². The highest BCUT2D eigenvalue weighted by atomic mass is 19.1. The summed E-state index contributed by atoms with van der Waals surface area (Å²) < 4.78 is 18.8. The Kier molecular flexibility index (Phi) is 5.43. The molecule has 25 heavy (non-hydrogen) atoms. The van der Waals surface area contributed by atoms with Crippen molar-refractivity contribution in [3.63, 3.8) is 0 Å². The minimum Gasteiger partial charge on any atom is -0.396 e. The van der Waals surface area contributed by atoms with Crippen molar-refractivity contribution in [2.45, 2.75) is 32.6 Å². The fraction of sp³-hybridized carbons (Fsp3) is 0.500. The first-order valence-electron chi connectivity index (χ1n) is 8.54. The predicted octanol–water partition coefficient (Wildman–Crippen LogP) is 2.35. The van der Waals surface area contributed by atoms with Crippen LogP contribution in [0.25, 0.3) is 11.4 Å². The molecule has 0 unspecified atom stereocenters. The number of benzene rings is 1. The van der Waals surface area contributed by atoms with Crippen LogP contribution in [0.5, 0.6) is 0 Å². The molecule has 0 bridgehead atoms. The molecule has 1 amide bonds. The van der Waals surface area contributed by atoms with E-state index >= 15 is 0 Å². The molecule has 0 saturated carbocycles. The molecule has 1 aliphatic rings. The van der Waals surface area contributed by atoms with Gasteiger partial charge in [-0.1, -0.05) is 17.3 Å². The Morgan fingerprint density at radius 1 is 1.40 bits per heavy atom. The van der Waals surface area contributed by atoms with E-state index in [1.54, 1.807) is 19.1 Å². The first-order chi connectivity index (χ1) is 12.1. The van der Waals surface area contributed by atoms with Gasteiger partial charge < -0.3 is 14.5 Å². The molecule has 1 saturated heterocycles. The second-order valence-corrected chi connectivity index (χ2v) is 6.48. The Balaban J connectivity index is 1.55. The molecule has 1 fully saturated rings. The van der Waals surface area contributed by atoms with E-state index in [0.29, 0.717) is 54.7 Å². The zero-order chi connectivity index (χ0) is 17.8. The van der Waals surface area contributed by atoms with Crippen molar-refractivity contribution in [2.24, 2.45) is 5.92 Å². The van der Waals surface area contributed by atoms with Crippen LogP contribution in [0.15, 0.2) is 22.7 Å². The molecule has 0 radical (unpaired) electrons. The van der Waals surface area contributed by atoms with Crippen LogP contribution in [0, 0.1) is 18.7 Å². The number of aliphatic hydroxyl groups is 1. The molecule has 0 atom stereocenters. The summed E-state index contributed by atoms with van der Waals surface area (Å²) >= 11 is 0. The number of nitrogens with zero attached hydrogens (tertiary/aromatic N) is 3. The molecule has 0 spiro atoms. The molecule has 0 aliphatic carbocycles. The normalized spacial score (nSPS) is 15.6. The fourth-order valence-corrected chi connectivity index (χ4v) is 2.94. The van der Waals surface area contributed by atoms with Gasteiger partial charge >= 0.3 is 0 Å². The van der Waals surface area contributed by atoms with Gasteiger partial charge in [-0.2, -0.15) is 4.98 Å². The van der Waals surface area contributed by atoms with Crippen molar-refractivity contribution >= 4 is 5.91 Å². The fourth-order valence-electron chi connectivity index (χ4n) is 2.94. The van der Waals surface area contributed by atoms with Gasteiger partial charge in [-0.15, -0.1) is 0 Å². The highest BCUT2D eigenvalue weighted by molar-refractivity contribution is 5.76. The number of carbonyl (C=O) groups excluding carboxylic acids is 1. The monoisotopic (exact) mass is 347 g/mol. The zero-order valence-electron chi connectivity index (χ0n) is 14.2. The summed E-state index contributed by atoms with van der Waals surface area (Å²) in [7, 11) is 0. The zero-order valence-corrected chi connectivity index (χ0v) is 14.2. The SMILES string of the molecule is Cc1ccc(-c2noc(CCC(=O)N3CCC(CO)CC3)n2)cc1F. The molecule has 1 aliphatic heterocycles. The summed E-state index contributed by atoms with van der Waals surface area (Å²) in [5.41, 5.74) is 1.11. The highest BCUT2D eigenvalue weighted by Gasteiger charge is 2.22. The summed E-state index contributed by atoms with van der Waals surface area (Å²) in [5, 5.41) is 13.0. The Bertz CT molecular complexity index is 739. The first kappa shape index (κ1) is 17.5. The minimum atomic E-state index is -0.315. The molecule has 1 aromatic heterocycles. The van der Waals surface area contributed by atoms with Crippen LogP contribution in [0.1, 0.15) is 30.7 Å². The Morgan fingerprint density at radius 3 is 2.84 bits per heavy atom. The van der Waals surface area contributed by atoms with Crippen LogP contribution in [0.2, 0.25) is 0 Å². The van der Waals surface area contributed by atoms with Gasteiger partial charge in [0.1, 0.15) is 5.82 Å². The van der Waals surface area contributed by atoms with Crippen LogP contribution >= 0.6 is 0 Å². The number of rotatable bonds is 5. The number of hydrogen-bond donors (Lipinski definition) is 1. The second kappa shape index (κ2) is 7.74. The average Bonchev–Trinajstić information content (AvgIpc) is 3.11. The van der Waals surface area contributed by atoms with E-state index in [1.807, 2.05) is 4.90 Å². The van der Waals surface area contributed by atoms with Crippen LogP contribution in [0.4, 0.5) is 4.39 Å². The lowest BCUT2D eigenvalue weighted by atomic mass is 9.97. The third-order valence-corrected chi connectivity index (χ3v) is 4.68. The number of aromatic nitrogens is 2. The van der Waals surface area contributed by atoms with Crippen LogP contribution in [-0.4, -0.2) is 45.8 Å². The van der Waals surface area contributed by atoms with Crippen molar-refractivity contribution in [2.75, 3.05) is 19.7 Å². The predicted molar refractivity (Wildman–Crippen MR) is 89.1 cm³/mol. The quantitative estimate of drug-likeness (QED) is 0.898. The van der Waals surface area contributed by atoms with Gasteiger partial charge in [0.25, 0.3) is 0 Å². The Labute approximate surface area is 145 Å². The lowest BCUT2D eigenvalue weighted by molar-refractivity contribution is -0.132. The Morgan fingerprint density at radius 2 is 2.16 bits per heavy atom. The molecule has 2 heterocycles.